The maximum absolute atomic E-state index is 13.0. The Bertz CT molecular complexity index is 1630. The van der Waals surface area contributed by atoms with E-state index in [9.17, 15) is 24.6 Å². The summed E-state index contributed by atoms with van der Waals surface area (Å²) in [6.45, 7) is 10.5. The molecule has 4 aliphatic heterocycles. The minimum absolute atomic E-state index is 0.000955. The van der Waals surface area contributed by atoms with E-state index in [1.807, 2.05) is 13.0 Å². The largest absolute Gasteiger partial charge is 0.423 e. The van der Waals surface area contributed by atoms with Gasteiger partial charge < -0.3 is 20.3 Å². The van der Waals surface area contributed by atoms with E-state index in [2.05, 4.69) is 49.9 Å². The number of amides is 3. The predicted octanol–water partition coefficient (Wildman–Crippen LogP) is 0.699. The Balaban J connectivity index is 1.26. The van der Waals surface area contributed by atoms with Crippen molar-refractivity contribution in [3.63, 3.8) is 0 Å². The number of hydrogen-bond donors (Lipinski definition) is 7. The SMILES string of the molecule is C=C1C(NC(C)C(=O)NC2=NCC=N2)CC2[C@](C)(CC[C@@H](O)[C@@]2(C)CO)C1/C=C/C1=CC(=C\C2=NN(C)C3NC(=O)NC(=N)C23)/OC1=O. The number of amidine groups is 1. The molecule has 6 unspecified atom stereocenters. The van der Waals surface area contributed by atoms with Crippen molar-refractivity contribution in [2.45, 2.75) is 64.4 Å². The minimum Gasteiger partial charge on any atom is -0.423 e. The van der Waals surface area contributed by atoms with Gasteiger partial charge in [-0.1, -0.05) is 38.2 Å². The van der Waals surface area contributed by atoms with Crippen LogP contribution in [-0.2, 0) is 14.3 Å². The molecule has 6 rings (SSSR count). The van der Waals surface area contributed by atoms with Crippen molar-refractivity contribution in [2.24, 2.45) is 43.7 Å². The van der Waals surface area contributed by atoms with E-state index >= 15 is 0 Å². The second-order valence-corrected chi connectivity index (χ2v) is 13.9. The average Bonchev–Trinajstić information content (AvgIpc) is 3.75. The molecule has 2 aliphatic carbocycles. The van der Waals surface area contributed by atoms with Crippen LogP contribution < -0.4 is 21.3 Å². The molecule has 9 atom stereocenters. The highest BCUT2D eigenvalue weighted by Crippen LogP contribution is 2.61. The van der Waals surface area contributed by atoms with Gasteiger partial charge in [-0.05, 0) is 43.6 Å². The Hall–Kier alpha value is -4.47. The molecule has 7 N–H and O–H groups in total. The summed E-state index contributed by atoms with van der Waals surface area (Å²) in [7, 11) is 1.69. The molecule has 48 heavy (non-hydrogen) atoms. The van der Waals surface area contributed by atoms with Crippen molar-refractivity contribution in [2.75, 3.05) is 20.2 Å². The number of hydrogen-bond acceptors (Lipinski definition) is 12. The Morgan fingerprint density at radius 3 is 2.83 bits per heavy atom. The van der Waals surface area contributed by atoms with Gasteiger partial charge in [-0.2, -0.15) is 5.10 Å². The van der Waals surface area contributed by atoms with Gasteiger partial charge in [0.2, 0.25) is 11.9 Å². The molecule has 3 amide bonds. The number of nitrogens with zero attached hydrogens (tertiary/aromatic N) is 4. The molecular formula is C33H43N9O6. The van der Waals surface area contributed by atoms with Crippen LogP contribution >= 0.6 is 0 Å². The number of guanidine groups is 1. The number of aliphatic imine (C=N–C) groups is 2. The molecule has 15 heteroatoms. The highest BCUT2D eigenvalue weighted by atomic mass is 16.5. The van der Waals surface area contributed by atoms with Crippen LogP contribution in [0.1, 0.15) is 40.0 Å². The first-order chi connectivity index (χ1) is 22.7. The monoisotopic (exact) mass is 661 g/mol. The van der Waals surface area contributed by atoms with Crippen LogP contribution in [0.2, 0.25) is 0 Å². The van der Waals surface area contributed by atoms with E-state index in [1.54, 1.807) is 43.4 Å². The molecule has 256 valence electrons. The lowest BCUT2D eigenvalue weighted by Crippen LogP contribution is -2.62. The number of ether oxygens (including phenoxy) is 1. The average molecular weight is 662 g/mol. The van der Waals surface area contributed by atoms with E-state index in [1.165, 1.54) is 0 Å². The molecule has 2 saturated carbocycles. The zero-order chi connectivity index (χ0) is 34.5. The number of allylic oxidation sites excluding steroid dienone is 3. The van der Waals surface area contributed by atoms with Gasteiger partial charge in [0.1, 0.15) is 23.7 Å². The third-order valence-electron chi connectivity index (χ3n) is 10.9. The van der Waals surface area contributed by atoms with Gasteiger partial charge in [0.15, 0.2) is 0 Å². The Morgan fingerprint density at radius 2 is 2.12 bits per heavy atom. The highest BCUT2D eigenvalue weighted by Gasteiger charge is 2.59. The highest BCUT2D eigenvalue weighted by molar-refractivity contribution is 6.17. The van der Waals surface area contributed by atoms with Crippen molar-refractivity contribution in [3.8, 4) is 0 Å². The summed E-state index contributed by atoms with van der Waals surface area (Å²) in [5.74, 6) is -1.30. The predicted molar refractivity (Wildman–Crippen MR) is 178 cm³/mol. The van der Waals surface area contributed by atoms with E-state index < -0.39 is 47.1 Å². The lowest BCUT2D eigenvalue weighted by atomic mass is 9.45. The van der Waals surface area contributed by atoms with E-state index in [0.717, 1.165) is 5.57 Å². The van der Waals surface area contributed by atoms with Crippen LogP contribution in [-0.4, -0.2) is 101 Å². The normalized spacial score (nSPS) is 37.4. The van der Waals surface area contributed by atoms with Crippen molar-refractivity contribution in [1.82, 2.24) is 26.3 Å². The van der Waals surface area contributed by atoms with Crippen molar-refractivity contribution >= 4 is 41.6 Å². The van der Waals surface area contributed by atoms with E-state index in [4.69, 9.17) is 10.1 Å². The van der Waals surface area contributed by atoms with Crippen LogP contribution in [0.25, 0.3) is 0 Å². The fraction of sp³-hybridized carbons (Fsp3) is 0.545. The summed E-state index contributed by atoms with van der Waals surface area (Å²) in [5, 5.41) is 47.4. The number of rotatable bonds is 7. The number of aliphatic hydroxyl groups is 2. The molecule has 4 heterocycles. The maximum atomic E-state index is 13.0. The number of urea groups is 1. The van der Waals surface area contributed by atoms with Crippen molar-refractivity contribution in [1.29, 1.82) is 5.41 Å². The first-order valence-electron chi connectivity index (χ1n) is 16.2. The van der Waals surface area contributed by atoms with Gasteiger partial charge in [-0.25, -0.2) is 19.6 Å². The smallest absolute Gasteiger partial charge is 0.343 e. The van der Waals surface area contributed by atoms with E-state index in [-0.39, 0.29) is 47.9 Å². The van der Waals surface area contributed by atoms with Crippen molar-refractivity contribution < 1.29 is 29.3 Å². The number of fused-ring (bicyclic) bond motifs is 2. The summed E-state index contributed by atoms with van der Waals surface area (Å²) in [6.07, 6.45) is 8.96. The molecule has 0 aromatic rings. The lowest BCUT2D eigenvalue weighted by Gasteiger charge is -2.61. The first-order valence-corrected chi connectivity index (χ1v) is 16.2. The number of carbonyl (C=O) groups excluding carboxylic acids is 3. The first kappa shape index (κ1) is 33.4. The second kappa shape index (κ2) is 12.5. The van der Waals surface area contributed by atoms with Crippen molar-refractivity contribution in [3.05, 3.63) is 47.8 Å². The third-order valence-corrected chi connectivity index (χ3v) is 10.9. The number of carbonyl (C=O) groups is 3. The Kier molecular flexibility index (Phi) is 8.72. The van der Waals surface area contributed by atoms with Crippen LogP contribution in [0.3, 0.4) is 0 Å². The van der Waals surface area contributed by atoms with Gasteiger partial charge in [-0.3, -0.25) is 31.2 Å². The molecular weight excluding hydrogens is 618 g/mol. The summed E-state index contributed by atoms with van der Waals surface area (Å²) in [6, 6.07) is -1.44. The number of hydrazone groups is 1. The number of aliphatic hydroxyl groups excluding tert-OH is 2. The van der Waals surface area contributed by atoms with Gasteiger partial charge in [0.25, 0.3) is 0 Å². The van der Waals surface area contributed by atoms with Gasteiger partial charge in [-0.15, -0.1) is 0 Å². The molecule has 0 radical (unpaired) electrons. The standard InChI is InChI=1S/C33H43N9O6/c1-16-20(7-6-18-12-19(48-29(18)46)13-22-25-26(34)38-31(47)39-27(25)42(5)41-22)32(3)9-8-24(44)33(4,15-43)23(32)14-21(16)37-17(2)28(45)40-30-35-10-11-36-30/h6-7,10,12-13,17,20-21,23-25,27,37,43-44H,1,8-9,11,14-15H2,2-5H3,(H,36,40,45)(H3,34,38,39,47)/b7-6+,19-13+/t17?,20?,21?,23?,24-,25?,27?,32-,33+/m1/s1. The van der Waals surface area contributed by atoms with Crippen LogP contribution in [0, 0.1) is 34.0 Å². The fourth-order valence-electron chi connectivity index (χ4n) is 8.17. The molecule has 0 bridgehead atoms. The van der Waals surface area contributed by atoms with Gasteiger partial charge in [0.05, 0.1) is 36.6 Å². The molecule has 0 spiro atoms. The Morgan fingerprint density at radius 1 is 1.35 bits per heavy atom. The molecule has 15 nitrogen and oxygen atoms in total. The van der Waals surface area contributed by atoms with Crippen LogP contribution in [0.15, 0.2) is 62.9 Å². The van der Waals surface area contributed by atoms with Gasteiger partial charge >= 0.3 is 12.0 Å². The molecule has 6 aliphatic rings. The number of cyclic esters (lactones) is 1. The number of esters is 1. The van der Waals surface area contributed by atoms with E-state index in [0.29, 0.717) is 37.1 Å². The fourth-order valence-corrected chi connectivity index (χ4v) is 8.17. The topological polar surface area (TPSA) is 213 Å². The Labute approximate surface area is 278 Å². The summed E-state index contributed by atoms with van der Waals surface area (Å²) < 4.78 is 5.56. The summed E-state index contributed by atoms with van der Waals surface area (Å²) in [4.78, 5) is 46.1. The third kappa shape index (κ3) is 5.79. The zero-order valence-electron chi connectivity index (χ0n) is 27.5. The summed E-state index contributed by atoms with van der Waals surface area (Å²) >= 11 is 0. The second-order valence-electron chi connectivity index (χ2n) is 13.9. The minimum atomic E-state index is -0.797. The molecule has 0 aromatic carbocycles. The van der Waals surface area contributed by atoms with Gasteiger partial charge in [0, 0.05) is 36.7 Å². The molecule has 1 saturated heterocycles. The summed E-state index contributed by atoms with van der Waals surface area (Å²) in [5.41, 5.74) is 0.390. The lowest BCUT2D eigenvalue weighted by molar-refractivity contribution is -0.149. The number of nitrogens with one attached hydrogen (secondary N) is 5. The van der Waals surface area contributed by atoms with Crippen LogP contribution in [0.5, 0.6) is 0 Å². The quantitative estimate of drug-likeness (QED) is 0.152. The maximum Gasteiger partial charge on any atom is 0.343 e. The zero-order valence-corrected chi connectivity index (χ0v) is 27.5. The molecule has 0 aromatic heterocycles. The van der Waals surface area contributed by atoms with Crippen LogP contribution in [0.4, 0.5) is 4.79 Å². The molecule has 3 fully saturated rings.